The van der Waals surface area contributed by atoms with Gasteiger partial charge >= 0.3 is 0 Å². The Hall–Kier alpha value is -4.32. The number of aromatic nitrogens is 3. The first-order valence-electron chi connectivity index (χ1n) is 11.1. The second-order valence-electron chi connectivity index (χ2n) is 8.12. The third-order valence-electron chi connectivity index (χ3n) is 5.50. The highest BCUT2D eigenvalue weighted by Crippen LogP contribution is 2.21. The van der Waals surface area contributed by atoms with Crippen LogP contribution in [0.25, 0.3) is 17.1 Å². The van der Waals surface area contributed by atoms with E-state index in [0.29, 0.717) is 17.8 Å². The van der Waals surface area contributed by atoms with Crippen LogP contribution in [0.3, 0.4) is 0 Å². The number of aldehydes is 1. The Bertz CT molecular complexity index is 1310. The summed E-state index contributed by atoms with van der Waals surface area (Å²) >= 11 is 0. The summed E-state index contributed by atoms with van der Waals surface area (Å²) < 4.78 is 1.58. The predicted molar refractivity (Wildman–Crippen MR) is 133 cm³/mol. The molecule has 2 heterocycles. The van der Waals surface area contributed by atoms with Gasteiger partial charge in [0.15, 0.2) is 5.82 Å². The van der Waals surface area contributed by atoms with Crippen molar-refractivity contribution in [2.24, 2.45) is 0 Å². The topological polar surface area (TPSA) is 76.9 Å². The first kappa shape index (κ1) is 22.9. The van der Waals surface area contributed by atoms with Gasteiger partial charge in [-0.05, 0) is 55.2 Å². The first-order chi connectivity index (χ1) is 16.6. The molecule has 0 saturated heterocycles. The molecule has 6 nitrogen and oxygen atoms in total. The molecule has 0 radical (unpaired) electrons. The summed E-state index contributed by atoms with van der Waals surface area (Å²) in [4.78, 5) is 29.2. The third kappa shape index (κ3) is 5.35. The number of carbonyl (C=O) groups is 2. The summed E-state index contributed by atoms with van der Waals surface area (Å²) in [6.07, 6.45) is 7.20. The second-order valence-corrected chi connectivity index (χ2v) is 8.12. The van der Waals surface area contributed by atoms with E-state index in [1.807, 2.05) is 61.5 Å². The number of nitrogens with one attached hydrogen (secondary N) is 1. The van der Waals surface area contributed by atoms with Gasteiger partial charge in [-0.15, -0.1) is 6.58 Å². The van der Waals surface area contributed by atoms with Gasteiger partial charge in [0, 0.05) is 18.0 Å². The number of benzene rings is 2. The molecule has 0 saturated carbocycles. The van der Waals surface area contributed by atoms with Gasteiger partial charge < -0.3 is 10.1 Å². The zero-order valence-electron chi connectivity index (χ0n) is 19.0. The molecule has 2 aromatic carbocycles. The molecule has 0 aliphatic heterocycles. The minimum atomic E-state index is -0.649. The highest BCUT2D eigenvalue weighted by Gasteiger charge is 2.19. The van der Waals surface area contributed by atoms with Crippen LogP contribution in [0.4, 0.5) is 0 Å². The molecule has 1 atom stereocenters. The van der Waals surface area contributed by atoms with E-state index in [-0.39, 0.29) is 5.91 Å². The molecule has 1 amide bonds. The van der Waals surface area contributed by atoms with Gasteiger partial charge in [0.05, 0.1) is 17.3 Å². The molecular weight excluding hydrogens is 424 g/mol. The maximum Gasteiger partial charge on any atom is 0.255 e. The fourth-order valence-corrected chi connectivity index (χ4v) is 3.73. The van der Waals surface area contributed by atoms with E-state index in [1.54, 1.807) is 29.2 Å². The van der Waals surface area contributed by atoms with E-state index in [4.69, 9.17) is 0 Å². The molecule has 0 bridgehead atoms. The van der Waals surface area contributed by atoms with Gasteiger partial charge in [-0.25, -0.2) is 9.67 Å². The smallest absolute Gasteiger partial charge is 0.255 e. The van der Waals surface area contributed by atoms with Crippen molar-refractivity contribution in [3.63, 3.8) is 0 Å². The van der Waals surface area contributed by atoms with E-state index in [1.165, 1.54) is 0 Å². The quantitative estimate of drug-likeness (QED) is 0.301. The zero-order valence-corrected chi connectivity index (χ0v) is 19.0. The van der Waals surface area contributed by atoms with Crippen molar-refractivity contribution in [3.05, 3.63) is 114 Å². The molecule has 4 rings (SSSR count). The van der Waals surface area contributed by atoms with Crippen molar-refractivity contribution >= 4 is 12.2 Å². The van der Waals surface area contributed by atoms with Crippen LogP contribution >= 0.6 is 0 Å². The Morgan fingerprint density at radius 3 is 2.68 bits per heavy atom. The van der Waals surface area contributed by atoms with Crippen molar-refractivity contribution in [3.8, 4) is 17.1 Å². The second kappa shape index (κ2) is 10.5. The monoisotopic (exact) mass is 450 g/mol. The SMILES string of the molecule is C=CCc1cccc(-c2ccn(-c3ncccc3C(=O)N[C@H](C=O)Cc3ccc(C)cc3)n2)c1. The van der Waals surface area contributed by atoms with Crippen LogP contribution in [0.2, 0.25) is 0 Å². The largest absolute Gasteiger partial charge is 0.342 e. The van der Waals surface area contributed by atoms with E-state index in [9.17, 15) is 9.59 Å². The number of rotatable bonds is 9. The average molecular weight is 451 g/mol. The Balaban J connectivity index is 1.55. The van der Waals surface area contributed by atoms with E-state index < -0.39 is 6.04 Å². The fourth-order valence-electron chi connectivity index (χ4n) is 3.73. The van der Waals surface area contributed by atoms with Gasteiger partial charge in [-0.2, -0.15) is 5.10 Å². The van der Waals surface area contributed by atoms with Crippen LogP contribution in [0.5, 0.6) is 0 Å². The maximum atomic E-state index is 13.1. The highest BCUT2D eigenvalue weighted by atomic mass is 16.2. The minimum Gasteiger partial charge on any atom is -0.342 e. The van der Waals surface area contributed by atoms with Crippen LogP contribution < -0.4 is 5.32 Å². The first-order valence-corrected chi connectivity index (χ1v) is 11.1. The standard InChI is InChI=1S/C28H26N4O2/c1-3-6-21-7-4-8-23(17-21)26-14-16-32(31-26)27-25(9-5-15-29-27)28(34)30-24(19-33)18-22-12-10-20(2)11-13-22/h3-5,7-17,19,24H,1,6,18H2,2H3,(H,30,34)/t24-/m0/s1. The van der Waals surface area contributed by atoms with Crippen LogP contribution in [-0.2, 0) is 17.6 Å². The van der Waals surface area contributed by atoms with Crippen molar-refractivity contribution in [1.29, 1.82) is 0 Å². The van der Waals surface area contributed by atoms with Gasteiger partial charge in [0.25, 0.3) is 5.91 Å². The molecule has 0 aliphatic carbocycles. The van der Waals surface area contributed by atoms with Crippen LogP contribution in [0.15, 0.2) is 91.8 Å². The van der Waals surface area contributed by atoms with Gasteiger partial charge in [0.2, 0.25) is 0 Å². The molecule has 0 unspecified atom stereocenters. The van der Waals surface area contributed by atoms with Crippen molar-refractivity contribution in [1.82, 2.24) is 20.1 Å². The number of pyridine rings is 1. The number of carbonyl (C=O) groups excluding carboxylic acids is 2. The lowest BCUT2D eigenvalue weighted by Gasteiger charge is -2.14. The maximum absolute atomic E-state index is 13.1. The van der Waals surface area contributed by atoms with Gasteiger partial charge in [-0.1, -0.05) is 54.1 Å². The molecule has 6 heteroatoms. The van der Waals surface area contributed by atoms with Crippen molar-refractivity contribution < 1.29 is 9.59 Å². The van der Waals surface area contributed by atoms with Crippen molar-refractivity contribution in [2.75, 3.05) is 0 Å². The molecule has 0 fully saturated rings. The number of allylic oxidation sites excluding steroid dienone is 1. The lowest BCUT2D eigenvalue weighted by atomic mass is 10.0. The molecule has 4 aromatic rings. The number of nitrogens with zero attached hydrogens (tertiary/aromatic N) is 3. The van der Waals surface area contributed by atoms with Gasteiger partial charge in [0.1, 0.15) is 6.29 Å². The Morgan fingerprint density at radius 2 is 1.91 bits per heavy atom. The summed E-state index contributed by atoms with van der Waals surface area (Å²) in [5.41, 5.74) is 5.35. The summed E-state index contributed by atoms with van der Waals surface area (Å²) in [6, 6.07) is 20.6. The minimum absolute atomic E-state index is 0.341. The third-order valence-corrected chi connectivity index (χ3v) is 5.50. The Labute approximate surface area is 199 Å². The number of hydrogen-bond acceptors (Lipinski definition) is 4. The lowest BCUT2D eigenvalue weighted by molar-refractivity contribution is -0.109. The molecule has 1 N–H and O–H groups in total. The fraction of sp³-hybridized carbons (Fsp3) is 0.143. The molecule has 0 aliphatic rings. The predicted octanol–water partition coefficient (Wildman–Crippen LogP) is 4.51. The number of aryl methyl sites for hydroxylation is 1. The van der Waals surface area contributed by atoms with E-state index in [2.05, 4.69) is 28.0 Å². The highest BCUT2D eigenvalue weighted by molar-refractivity contribution is 5.98. The van der Waals surface area contributed by atoms with Gasteiger partial charge in [-0.3, -0.25) is 4.79 Å². The van der Waals surface area contributed by atoms with E-state index >= 15 is 0 Å². The number of hydrogen-bond donors (Lipinski definition) is 1. The molecular formula is C28H26N4O2. The van der Waals surface area contributed by atoms with Crippen LogP contribution in [-0.4, -0.2) is 33.0 Å². The van der Waals surface area contributed by atoms with Crippen LogP contribution in [0.1, 0.15) is 27.0 Å². The Morgan fingerprint density at radius 1 is 1.09 bits per heavy atom. The summed E-state index contributed by atoms with van der Waals surface area (Å²) in [5.74, 6) is 0.0193. The zero-order chi connectivity index (χ0) is 23.9. The van der Waals surface area contributed by atoms with Crippen molar-refractivity contribution in [2.45, 2.75) is 25.8 Å². The normalized spacial score (nSPS) is 11.6. The summed E-state index contributed by atoms with van der Waals surface area (Å²) in [5, 5.41) is 7.47. The average Bonchev–Trinajstić information content (AvgIpc) is 3.35. The Kier molecular flexibility index (Phi) is 7.08. The summed E-state index contributed by atoms with van der Waals surface area (Å²) in [6.45, 7) is 5.80. The molecule has 2 aromatic heterocycles. The number of amides is 1. The lowest BCUT2D eigenvalue weighted by Crippen LogP contribution is -2.38. The molecule has 0 spiro atoms. The molecule has 34 heavy (non-hydrogen) atoms. The van der Waals surface area contributed by atoms with Crippen LogP contribution in [0, 0.1) is 6.92 Å². The summed E-state index contributed by atoms with van der Waals surface area (Å²) in [7, 11) is 0. The van der Waals surface area contributed by atoms with E-state index in [0.717, 1.165) is 40.7 Å². The molecule has 170 valence electrons.